The van der Waals surface area contributed by atoms with Crippen LogP contribution in [0, 0.1) is 5.92 Å². The zero-order valence-corrected chi connectivity index (χ0v) is 22.8. The lowest BCUT2D eigenvalue weighted by Gasteiger charge is -2.41. The van der Waals surface area contributed by atoms with Gasteiger partial charge in [-0.25, -0.2) is 22.9 Å². The molecule has 0 radical (unpaired) electrons. The Balaban J connectivity index is 1.50. The van der Waals surface area contributed by atoms with Gasteiger partial charge in [0, 0.05) is 55.6 Å². The highest BCUT2D eigenvalue weighted by atomic mass is 32.2. The first-order valence-electron chi connectivity index (χ1n) is 12.7. The van der Waals surface area contributed by atoms with Crippen LogP contribution in [0.15, 0.2) is 29.3 Å². The third-order valence-electron chi connectivity index (χ3n) is 6.75. The first kappa shape index (κ1) is 26.8. The number of carboxylic acid groups (broad SMARTS) is 1. The van der Waals surface area contributed by atoms with Crippen molar-refractivity contribution in [2.24, 2.45) is 5.92 Å². The molecule has 1 aliphatic heterocycles. The van der Waals surface area contributed by atoms with Crippen molar-refractivity contribution in [2.75, 3.05) is 31.5 Å². The van der Waals surface area contributed by atoms with E-state index in [1.807, 2.05) is 12.1 Å². The molecule has 2 aliphatic rings. The van der Waals surface area contributed by atoms with E-state index in [1.165, 1.54) is 11.3 Å². The van der Waals surface area contributed by atoms with Gasteiger partial charge in [-0.1, -0.05) is 26.8 Å². The summed E-state index contributed by atoms with van der Waals surface area (Å²) in [6, 6.07) is 5.87. The second-order valence-corrected chi connectivity index (χ2v) is 13.0. The fraction of sp³-hybridized carbons (Fsp3) is 0.600. The molecule has 1 saturated carbocycles. The standard InChI is InChI=1S/C25H37N5O4S2/c1-4-27-36(33,34)23-11-19(28-20-14-30(15-20)13-16(2)3)9-10-21(23)22-12-26-24(35-22)17-5-7-18(8-6-17)29-25(31)32/h9-12,16-18,20,27-29H,4-8,13-15H2,1-3H3,(H,31,32). The van der Waals surface area contributed by atoms with Gasteiger partial charge in [0.2, 0.25) is 10.0 Å². The molecule has 2 fully saturated rings. The van der Waals surface area contributed by atoms with Crippen molar-refractivity contribution in [3.8, 4) is 10.4 Å². The first-order valence-corrected chi connectivity index (χ1v) is 15.0. The normalized spacial score (nSPS) is 21.3. The Morgan fingerprint density at radius 3 is 2.56 bits per heavy atom. The van der Waals surface area contributed by atoms with Gasteiger partial charge in [0.15, 0.2) is 0 Å². The van der Waals surface area contributed by atoms with Crippen LogP contribution in [0.2, 0.25) is 0 Å². The molecule has 1 amide bonds. The lowest BCUT2D eigenvalue weighted by atomic mass is 9.86. The fourth-order valence-electron chi connectivity index (χ4n) is 5.13. The van der Waals surface area contributed by atoms with Crippen LogP contribution in [0.4, 0.5) is 10.5 Å². The van der Waals surface area contributed by atoms with Gasteiger partial charge >= 0.3 is 6.09 Å². The maximum absolute atomic E-state index is 13.1. The third-order valence-corrected chi connectivity index (χ3v) is 9.53. The number of sulfonamides is 1. The maximum Gasteiger partial charge on any atom is 0.404 e. The average molecular weight is 536 g/mol. The third kappa shape index (κ3) is 6.56. The monoisotopic (exact) mass is 535 g/mol. The number of nitrogens with zero attached hydrogens (tertiary/aromatic N) is 2. The predicted molar refractivity (Wildman–Crippen MR) is 143 cm³/mol. The molecule has 1 saturated heterocycles. The fourth-order valence-corrected chi connectivity index (χ4v) is 7.60. The number of hydrogen-bond donors (Lipinski definition) is 4. The van der Waals surface area contributed by atoms with E-state index in [1.54, 1.807) is 19.2 Å². The highest BCUT2D eigenvalue weighted by Gasteiger charge is 2.29. The molecule has 0 bridgehead atoms. The molecule has 4 N–H and O–H groups in total. The summed E-state index contributed by atoms with van der Waals surface area (Å²) < 4.78 is 28.9. The molecular weight excluding hydrogens is 498 g/mol. The highest BCUT2D eigenvalue weighted by molar-refractivity contribution is 7.89. The summed E-state index contributed by atoms with van der Waals surface area (Å²) in [7, 11) is -3.68. The number of anilines is 1. The molecule has 1 aliphatic carbocycles. The number of nitrogens with one attached hydrogen (secondary N) is 3. The van der Waals surface area contributed by atoms with Crippen molar-refractivity contribution in [3.05, 3.63) is 29.4 Å². The lowest BCUT2D eigenvalue weighted by molar-refractivity contribution is 0.143. The van der Waals surface area contributed by atoms with E-state index in [4.69, 9.17) is 5.11 Å². The van der Waals surface area contributed by atoms with Crippen molar-refractivity contribution in [2.45, 2.75) is 69.4 Å². The number of carbonyl (C=O) groups is 1. The van der Waals surface area contributed by atoms with Crippen LogP contribution in [0.1, 0.15) is 57.4 Å². The van der Waals surface area contributed by atoms with Crippen LogP contribution in [0.5, 0.6) is 0 Å². The predicted octanol–water partition coefficient (Wildman–Crippen LogP) is 4.15. The van der Waals surface area contributed by atoms with Crippen molar-refractivity contribution in [1.82, 2.24) is 19.9 Å². The number of amides is 1. The molecule has 0 atom stereocenters. The van der Waals surface area contributed by atoms with Gasteiger partial charge in [0.25, 0.3) is 0 Å². The van der Waals surface area contributed by atoms with Crippen LogP contribution in [-0.2, 0) is 10.0 Å². The van der Waals surface area contributed by atoms with E-state index < -0.39 is 16.1 Å². The number of aromatic nitrogens is 1. The zero-order valence-electron chi connectivity index (χ0n) is 21.2. The number of rotatable bonds is 10. The summed E-state index contributed by atoms with van der Waals surface area (Å²) in [5, 5.41) is 16.0. The number of hydrogen-bond acceptors (Lipinski definition) is 7. The molecule has 2 aromatic rings. The van der Waals surface area contributed by atoms with Crippen molar-refractivity contribution >= 4 is 33.1 Å². The summed E-state index contributed by atoms with van der Waals surface area (Å²) in [5.74, 6) is 0.889. The van der Waals surface area contributed by atoms with Gasteiger partial charge in [-0.05, 0) is 43.7 Å². The van der Waals surface area contributed by atoms with Gasteiger partial charge in [-0.2, -0.15) is 0 Å². The topological polar surface area (TPSA) is 124 Å². The lowest BCUT2D eigenvalue weighted by Crippen LogP contribution is -2.55. The molecule has 9 nitrogen and oxygen atoms in total. The van der Waals surface area contributed by atoms with Crippen LogP contribution in [0.25, 0.3) is 10.4 Å². The van der Waals surface area contributed by atoms with Crippen LogP contribution >= 0.6 is 11.3 Å². The van der Waals surface area contributed by atoms with E-state index in [0.717, 1.165) is 60.9 Å². The average Bonchev–Trinajstić information content (AvgIpc) is 3.27. The summed E-state index contributed by atoms with van der Waals surface area (Å²) in [5.41, 5.74) is 1.46. The van der Waals surface area contributed by atoms with Gasteiger partial charge in [0.05, 0.1) is 20.8 Å². The maximum atomic E-state index is 13.1. The van der Waals surface area contributed by atoms with Crippen LogP contribution < -0.4 is 15.4 Å². The quantitative estimate of drug-likeness (QED) is 0.360. The van der Waals surface area contributed by atoms with E-state index in [0.29, 0.717) is 24.1 Å². The van der Waals surface area contributed by atoms with Crippen LogP contribution in [-0.4, -0.2) is 67.8 Å². The molecule has 36 heavy (non-hydrogen) atoms. The Hall–Kier alpha value is -2.21. The summed E-state index contributed by atoms with van der Waals surface area (Å²) >= 11 is 1.53. The number of thiazole rings is 1. The second-order valence-electron chi connectivity index (χ2n) is 10.2. The molecule has 0 spiro atoms. The van der Waals surface area contributed by atoms with Gasteiger partial charge < -0.3 is 15.7 Å². The van der Waals surface area contributed by atoms with E-state index in [9.17, 15) is 13.2 Å². The smallest absolute Gasteiger partial charge is 0.404 e. The van der Waals surface area contributed by atoms with E-state index in [2.05, 4.69) is 39.1 Å². The van der Waals surface area contributed by atoms with E-state index >= 15 is 0 Å². The van der Waals surface area contributed by atoms with Crippen molar-refractivity contribution in [1.29, 1.82) is 0 Å². The van der Waals surface area contributed by atoms with Gasteiger partial charge in [0.1, 0.15) is 0 Å². The van der Waals surface area contributed by atoms with E-state index in [-0.39, 0.29) is 16.9 Å². The Bertz CT molecular complexity index is 1150. The van der Waals surface area contributed by atoms with Gasteiger partial charge in [-0.3, -0.25) is 4.90 Å². The van der Waals surface area contributed by atoms with Crippen molar-refractivity contribution in [3.63, 3.8) is 0 Å². The molecule has 0 unspecified atom stereocenters. The van der Waals surface area contributed by atoms with Crippen LogP contribution in [0.3, 0.4) is 0 Å². The molecule has 4 rings (SSSR count). The Labute approximate surface area is 217 Å². The second kappa shape index (κ2) is 11.5. The number of likely N-dealkylation sites (tertiary alicyclic amines) is 1. The SMILES string of the molecule is CCNS(=O)(=O)c1cc(NC2CN(CC(C)C)C2)ccc1-c1cnc(C2CCC(NC(=O)O)CC2)s1. The molecule has 11 heteroatoms. The molecule has 1 aromatic heterocycles. The Morgan fingerprint density at radius 1 is 1.19 bits per heavy atom. The minimum atomic E-state index is -3.68. The zero-order chi connectivity index (χ0) is 25.9. The summed E-state index contributed by atoms with van der Waals surface area (Å²) in [6.07, 6.45) is 4.07. The highest BCUT2D eigenvalue weighted by Crippen LogP contribution is 2.40. The minimum absolute atomic E-state index is 0.0109. The first-order chi connectivity index (χ1) is 17.1. The molecule has 198 valence electrons. The molecular formula is C25H37N5O4S2. The Morgan fingerprint density at radius 2 is 1.92 bits per heavy atom. The summed E-state index contributed by atoms with van der Waals surface area (Å²) in [4.78, 5) is 19.0. The minimum Gasteiger partial charge on any atom is -0.465 e. The van der Waals surface area contributed by atoms with Gasteiger partial charge in [-0.15, -0.1) is 11.3 Å². The summed E-state index contributed by atoms with van der Waals surface area (Å²) in [6.45, 7) is 9.50. The van der Waals surface area contributed by atoms with Crippen molar-refractivity contribution < 1.29 is 18.3 Å². The molecule has 2 heterocycles. The molecule has 1 aromatic carbocycles. The largest absolute Gasteiger partial charge is 0.465 e. The number of benzene rings is 1. The Kier molecular flexibility index (Phi) is 8.54.